The number of likely N-dealkylation sites (tertiary alicyclic amines) is 1. The van der Waals surface area contributed by atoms with E-state index < -0.39 is 22.7 Å². The standard InChI is InChI=1S/C31H33FN6O3/c1-31(2,18-39)22-10-6-19(7-11-22)29(40)35-25-15-20(8-12-23(25)32)24-16-26(30(41)37-36-24)34-28-13-9-21(17-33-28)27-5-4-14-38(27)3/h6-13,15-17,27,39H,4-5,14,18H2,1-3H3,(H,35,40)(H,37,41)(H,33,34,36). The lowest BCUT2D eigenvalue weighted by Crippen LogP contribution is -2.22. The van der Waals surface area contributed by atoms with Gasteiger partial charge in [-0.3, -0.25) is 14.5 Å². The monoisotopic (exact) mass is 556 g/mol. The van der Waals surface area contributed by atoms with Crippen LogP contribution in [0.1, 0.15) is 54.2 Å². The molecule has 0 saturated carbocycles. The molecule has 1 atom stereocenters. The third kappa shape index (κ3) is 6.18. The van der Waals surface area contributed by atoms with Gasteiger partial charge in [-0.1, -0.05) is 32.0 Å². The minimum Gasteiger partial charge on any atom is -0.395 e. The molecule has 4 aromatic rings. The van der Waals surface area contributed by atoms with Gasteiger partial charge in [0.1, 0.15) is 17.3 Å². The highest BCUT2D eigenvalue weighted by molar-refractivity contribution is 6.04. The maximum Gasteiger partial charge on any atom is 0.287 e. The maximum absolute atomic E-state index is 14.7. The van der Waals surface area contributed by atoms with E-state index in [9.17, 15) is 19.1 Å². The summed E-state index contributed by atoms with van der Waals surface area (Å²) in [5.41, 5.74) is 2.56. The second-order valence-electron chi connectivity index (χ2n) is 11.0. The van der Waals surface area contributed by atoms with E-state index in [0.29, 0.717) is 28.7 Å². The van der Waals surface area contributed by atoms with Gasteiger partial charge in [0.15, 0.2) is 0 Å². The van der Waals surface area contributed by atoms with Crippen LogP contribution in [0, 0.1) is 5.82 Å². The molecule has 3 heterocycles. The predicted molar refractivity (Wildman–Crippen MR) is 157 cm³/mol. The number of amides is 1. The fourth-order valence-corrected chi connectivity index (χ4v) is 4.93. The molecular formula is C31H33FN6O3. The molecule has 1 amide bonds. The zero-order chi connectivity index (χ0) is 29.1. The Hall–Kier alpha value is -4.41. The lowest BCUT2D eigenvalue weighted by atomic mass is 9.85. The molecule has 0 radical (unpaired) electrons. The van der Waals surface area contributed by atoms with Gasteiger partial charge in [-0.2, -0.15) is 5.10 Å². The summed E-state index contributed by atoms with van der Waals surface area (Å²) in [5, 5.41) is 21.8. The van der Waals surface area contributed by atoms with Crippen LogP contribution >= 0.6 is 0 Å². The Balaban J connectivity index is 1.33. The van der Waals surface area contributed by atoms with Crippen molar-refractivity contribution in [3.8, 4) is 11.3 Å². The smallest absolute Gasteiger partial charge is 0.287 e. The number of aromatic nitrogens is 3. The molecule has 4 N–H and O–H groups in total. The summed E-state index contributed by atoms with van der Waals surface area (Å²) in [5.74, 6) is -0.581. The number of aromatic amines is 1. The van der Waals surface area contributed by atoms with Gasteiger partial charge in [-0.05, 0) is 80.0 Å². The number of pyridine rings is 1. The van der Waals surface area contributed by atoms with Gasteiger partial charge in [0.2, 0.25) is 0 Å². The molecule has 0 aliphatic carbocycles. The lowest BCUT2D eigenvalue weighted by molar-refractivity contribution is 0.102. The van der Waals surface area contributed by atoms with Gasteiger partial charge in [-0.15, -0.1) is 0 Å². The Morgan fingerprint density at radius 3 is 2.56 bits per heavy atom. The molecule has 212 valence electrons. The van der Waals surface area contributed by atoms with Crippen LogP contribution < -0.4 is 16.2 Å². The number of nitrogens with zero attached hydrogens (tertiary/aromatic N) is 3. The number of hydrogen-bond acceptors (Lipinski definition) is 7. The van der Waals surface area contributed by atoms with Gasteiger partial charge in [0.05, 0.1) is 18.0 Å². The van der Waals surface area contributed by atoms with Crippen LogP contribution in [0.15, 0.2) is 71.7 Å². The summed E-state index contributed by atoms with van der Waals surface area (Å²) in [6.07, 6.45) is 4.07. The third-order valence-corrected chi connectivity index (χ3v) is 7.59. The van der Waals surface area contributed by atoms with Crippen molar-refractivity contribution in [3.63, 3.8) is 0 Å². The van der Waals surface area contributed by atoms with Crippen molar-refractivity contribution in [2.75, 3.05) is 30.8 Å². The summed E-state index contributed by atoms with van der Waals surface area (Å²) in [6, 6.07) is 16.8. The highest BCUT2D eigenvalue weighted by atomic mass is 19.1. The SMILES string of the molecule is CN1CCCC1c1ccc(Nc2cc(-c3ccc(F)c(NC(=O)c4ccc(C(C)(C)CO)cc4)c3)n[nH]c2=O)nc1. The zero-order valence-corrected chi connectivity index (χ0v) is 23.2. The molecular weight excluding hydrogens is 523 g/mol. The highest BCUT2D eigenvalue weighted by Gasteiger charge is 2.23. The van der Waals surface area contributed by atoms with Crippen LogP contribution in [0.2, 0.25) is 0 Å². The van der Waals surface area contributed by atoms with E-state index in [1.54, 1.807) is 30.3 Å². The Morgan fingerprint density at radius 2 is 1.90 bits per heavy atom. The second-order valence-corrected chi connectivity index (χ2v) is 11.0. The van der Waals surface area contributed by atoms with Crippen molar-refractivity contribution in [2.45, 2.75) is 38.1 Å². The lowest BCUT2D eigenvalue weighted by Gasteiger charge is -2.22. The molecule has 1 saturated heterocycles. The van der Waals surface area contributed by atoms with E-state index in [1.165, 1.54) is 18.2 Å². The molecule has 5 rings (SSSR count). The number of H-pyrrole nitrogens is 1. The Morgan fingerprint density at radius 1 is 1.12 bits per heavy atom. The van der Waals surface area contributed by atoms with E-state index in [-0.39, 0.29) is 18.0 Å². The number of benzene rings is 2. The number of hydrogen-bond donors (Lipinski definition) is 4. The average molecular weight is 557 g/mol. The van der Waals surface area contributed by atoms with Crippen molar-refractivity contribution >= 4 is 23.1 Å². The van der Waals surface area contributed by atoms with Crippen LogP contribution in [0.25, 0.3) is 11.3 Å². The molecule has 1 aliphatic heterocycles. The number of carbonyl (C=O) groups excluding carboxylic acids is 1. The second kappa shape index (κ2) is 11.6. The Labute approximate surface area is 237 Å². The minimum absolute atomic E-state index is 0.0242. The van der Waals surface area contributed by atoms with Gasteiger partial charge in [0.25, 0.3) is 11.5 Å². The van der Waals surface area contributed by atoms with E-state index in [2.05, 4.69) is 37.8 Å². The largest absolute Gasteiger partial charge is 0.395 e. The summed E-state index contributed by atoms with van der Waals surface area (Å²) < 4.78 is 14.7. The fraction of sp³-hybridized carbons (Fsp3) is 0.290. The topological polar surface area (TPSA) is 123 Å². The maximum atomic E-state index is 14.7. The van der Waals surface area contributed by atoms with Crippen molar-refractivity contribution in [1.82, 2.24) is 20.1 Å². The number of anilines is 3. The molecule has 1 aliphatic rings. The molecule has 41 heavy (non-hydrogen) atoms. The van der Waals surface area contributed by atoms with Gasteiger partial charge >= 0.3 is 0 Å². The van der Waals surface area contributed by atoms with Crippen LogP contribution in [-0.2, 0) is 5.41 Å². The van der Waals surface area contributed by atoms with Crippen molar-refractivity contribution in [2.24, 2.45) is 0 Å². The van der Waals surface area contributed by atoms with E-state index >= 15 is 0 Å². The number of aliphatic hydroxyl groups is 1. The molecule has 9 nitrogen and oxygen atoms in total. The quantitative estimate of drug-likeness (QED) is 0.241. The van der Waals surface area contributed by atoms with Gasteiger partial charge < -0.3 is 15.7 Å². The molecule has 10 heteroatoms. The van der Waals surface area contributed by atoms with E-state index in [1.807, 2.05) is 32.2 Å². The summed E-state index contributed by atoms with van der Waals surface area (Å²) in [7, 11) is 2.10. The molecule has 1 unspecified atom stereocenters. The number of carbonyl (C=O) groups is 1. The van der Waals surface area contributed by atoms with Crippen molar-refractivity contribution < 1.29 is 14.3 Å². The normalized spacial score (nSPS) is 15.6. The third-order valence-electron chi connectivity index (χ3n) is 7.59. The van der Waals surface area contributed by atoms with Crippen LogP contribution in [-0.4, -0.2) is 51.3 Å². The molecule has 0 bridgehead atoms. The first kappa shape index (κ1) is 28.1. The number of halogens is 1. The minimum atomic E-state index is -0.611. The number of nitrogens with one attached hydrogen (secondary N) is 3. The van der Waals surface area contributed by atoms with Crippen LogP contribution in [0.3, 0.4) is 0 Å². The van der Waals surface area contributed by atoms with Gasteiger partial charge in [0, 0.05) is 28.8 Å². The van der Waals surface area contributed by atoms with Crippen molar-refractivity contribution in [1.29, 1.82) is 0 Å². The van der Waals surface area contributed by atoms with Gasteiger partial charge in [-0.25, -0.2) is 14.5 Å². The fourth-order valence-electron chi connectivity index (χ4n) is 4.93. The average Bonchev–Trinajstić information content (AvgIpc) is 3.41. The summed E-state index contributed by atoms with van der Waals surface area (Å²) in [4.78, 5) is 32.2. The van der Waals surface area contributed by atoms with Crippen LogP contribution in [0.4, 0.5) is 21.6 Å². The summed E-state index contributed by atoms with van der Waals surface area (Å²) >= 11 is 0. The molecule has 2 aromatic heterocycles. The molecule has 2 aromatic carbocycles. The zero-order valence-electron chi connectivity index (χ0n) is 23.2. The van der Waals surface area contributed by atoms with E-state index in [0.717, 1.165) is 30.5 Å². The first-order valence-corrected chi connectivity index (χ1v) is 13.5. The predicted octanol–water partition coefficient (Wildman–Crippen LogP) is 5.00. The van der Waals surface area contributed by atoms with Crippen LogP contribution in [0.5, 0.6) is 0 Å². The number of aliphatic hydroxyl groups excluding tert-OH is 1. The Kier molecular flexibility index (Phi) is 7.96. The van der Waals surface area contributed by atoms with Crippen molar-refractivity contribution in [3.05, 3.63) is 99.7 Å². The number of rotatable bonds is 8. The first-order valence-electron chi connectivity index (χ1n) is 13.5. The Bertz CT molecular complexity index is 1600. The first-order chi connectivity index (χ1) is 19.6. The molecule has 0 spiro atoms. The molecule has 1 fully saturated rings. The van der Waals surface area contributed by atoms with E-state index in [4.69, 9.17) is 0 Å². The summed E-state index contributed by atoms with van der Waals surface area (Å²) in [6.45, 7) is 4.83. The highest BCUT2D eigenvalue weighted by Crippen LogP contribution is 2.31.